The van der Waals surface area contributed by atoms with Crippen molar-refractivity contribution < 1.29 is 8.42 Å². The Kier molecular flexibility index (Phi) is 5.20. The van der Waals surface area contributed by atoms with Crippen LogP contribution in [0.5, 0.6) is 0 Å². The van der Waals surface area contributed by atoms with Gasteiger partial charge in [-0.05, 0) is 53.7 Å². The normalized spacial score (nSPS) is 29.4. The van der Waals surface area contributed by atoms with Crippen molar-refractivity contribution in [2.75, 3.05) is 7.05 Å². The van der Waals surface area contributed by atoms with Gasteiger partial charge in [-0.15, -0.1) is 23.7 Å². The molecule has 20 heavy (non-hydrogen) atoms. The Balaban J connectivity index is 0.00000147. The molecule has 1 aromatic heterocycles. The third-order valence-electron chi connectivity index (χ3n) is 4.14. The summed E-state index contributed by atoms with van der Waals surface area (Å²) in [4.78, 5) is 0. The van der Waals surface area contributed by atoms with Crippen LogP contribution >= 0.6 is 39.7 Å². The maximum atomic E-state index is 12.6. The molecule has 1 aromatic rings. The maximum Gasteiger partial charge on any atom is 0.252 e. The van der Waals surface area contributed by atoms with Crippen LogP contribution in [0.1, 0.15) is 25.7 Å². The van der Waals surface area contributed by atoms with Crippen LogP contribution in [0.2, 0.25) is 0 Å². The molecule has 2 fully saturated rings. The lowest BCUT2D eigenvalue weighted by molar-refractivity contribution is 0.252. The predicted octanol–water partition coefficient (Wildman–Crippen LogP) is 2.84. The predicted molar refractivity (Wildman–Crippen MR) is 87.2 cm³/mol. The summed E-state index contributed by atoms with van der Waals surface area (Å²) < 4.78 is 28.0. The number of hydrogen-bond acceptors (Lipinski definition) is 4. The third-order valence-corrected chi connectivity index (χ3v) is 8.15. The fraction of sp³-hybridized carbons (Fsp3) is 0.667. The van der Waals surface area contributed by atoms with Crippen molar-refractivity contribution in [1.29, 1.82) is 0 Å². The molecule has 1 N–H and O–H groups in total. The zero-order valence-corrected chi connectivity index (χ0v) is 15.1. The zero-order chi connectivity index (χ0) is 13.6. The van der Waals surface area contributed by atoms with E-state index in [-0.39, 0.29) is 18.4 Å². The third kappa shape index (κ3) is 3.08. The van der Waals surface area contributed by atoms with Gasteiger partial charge in [-0.2, -0.15) is 4.31 Å². The summed E-state index contributed by atoms with van der Waals surface area (Å²) in [5.41, 5.74) is 0. The van der Waals surface area contributed by atoms with Crippen molar-refractivity contribution in [3.05, 3.63) is 15.9 Å². The molecule has 2 saturated heterocycles. The Morgan fingerprint density at radius 2 is 1.90 bits per heavy atom. The number of nitrogens with zero attached hydrogens (tertiary/aromatic N) is 1. The second-order valence-electron chi connectivity index (χ2n) is 5.34. The van der Waals surface area contributed by atoms with E-state index in [1.54, 1.807) is 23.5 Å². The molecule has 0 spiro atoms. The summed E-state index contributed by atoms with van der Waals surface area (Å²) in [6.07, 6.45) is 4.22. The molecule has 0 aliphatic carbocycles. The minimum atomic E-state index is -3.34. The number of hydrogen-bond donors (Lipinski definition) is 1. The van der Waals surface area contributed by atoms with Crippen LogP contribution in [0.15, 0.2) is 20.1 Å². The lowest BCUT2D eigenvalue weighted by Gasteiger charge is -2.34. The second-order valence-corrected chi connectivity index (χ2v) is 10.0. The molecule has 3 rings (SSSR count). The number of sulfonamides is 1. The van der Waals surface area contributed by atoms with Crippen LogP contribution in [0.25, 0.3) is 0 Å². The van der Waals surface area contributed by atoms with Crippen LogP contribution < -0.4 is 5.32 Å². The van der Waals surface area contributed by atoms with Gasteiger partial charge in [-0.3, -0.25) is 0 Å². The van der Waals surface area contributed by atoms with E-state index in [0.717, 1.165) is 16.6 Å². The Morgan fingerprint density at radius 1 is 1.30 bits per heavy atom. The highest BCUT2D eigenvalue weighted by Crippen LogP contribution is 2.34. The molecule has 2 aliphatic rings. The summed E-state index contributed by atoms with van der Waals surface area (Å²) >= 11 is 4.60. The molecular weight excluding hydrogens is 384 g/mol. The van der Waals surface area contributed by atoms with E-state index in [2.05, 4.69) is 21.2 Å². The number of piperidine rings is 1. The van der Waals surface area contributed by atoms with Crippen molar-refractivity contribution >= 4 is 49.7 Å². The van der Waals surface area contributed by atoms with Gasteiger partial charge in [0.1, 0.15) is 4.21 Å². The first-order chi connectivity index (χ1) is 8.96. The van der Waals surface area contributed by atoms with Gasteiger partial charge in [0, 0.05) is 25.2 Å². The van der Waals surface area contributed by atoms with Gasteiger partial charge in [0.15, 0.2) is 0 Å². The Labute approximate surface area is 138 Å². The molecule has 0 amide bonds. The first-order valence-corrected chi connectivity index (χ1v) is 9.51. The van der Waals surface area contributed by atoms with E-state index >= 15 is 0 Å². The first kappa shape index (κ1) is 16.7. The fourth-order valence-electron chi connectivity index (χ4n) is 3.10. The van der Waals surface area contributed by atoms with Crippen molar-refractivity contribution in [2.45, 2.75) is 48.0 Å². The van der Waals surface area contributed by atoms with Gasteiger partial charge in [0.05, 0.1) is 3.79 Å². The van der Waals surface area contributed by atoms with Gasteiger partial charge in [-0.1, -0.05) is 0 Å². The quantitative estimate of drug-likeness (QED) is 0.847. The summed E-state index contributed by atoms with van der Waals surface area (Å²) in [6.45, 7) is 0. The van der Waals surface area contributed by atoms with Crippen molar-refractivity contribution in [3.63, 3.8) is 0 Å². The summed E-state index contributed by atoms with van der Waals surface area (Å²) in [7, 11) is -1.62. The van der Waals surface area contributed by atoms with Gasteiger partial charge < -0.3 is 5.32 Å². The molecule has 0 radical (unpaired) electrons. The molecule has 8 heteroatoms. The summed E-state index contributed by atoms with van der Waals surface area (Å²) in [6, 6.07) is 4.59. The maximum absolute atomic E-state index is 12.6. The molecule has 2 unspecified atom stereocenters. The van der Waals surface area contributed by atoms with Crippen LogP contribution in [-0.4, -0.2) is 37.9 Å². The highest BCUT2D eigenvalue weighted by atomic mass is 79.9. The van der Waals surface area contributed by atoms with Crippen molar-refractivity contribution in [3.8, 4) is 0 Å². The van der Waals surface area contributed by atoms with Gasteiger partial charge in [0.2, 0.25) is 0 Å². The largest absolute Gasteiger partial charge is 0.311 e. The second kappa shape index (κ2) is 6.22. The van der Waals surface area contributed by atoms with Crippen molar-refractivity contribution in [1.82, 2.24) is 9.62 Å². The van der Waals surface area contributed by atoms with E-state index in [4.69, 9.17) is 0 Å². The average molecular weight is 402 g/mol. The van der Waals surface area contributed by atoms with Gasteiger partial charge in [-0.25, -0.2) is 8.42 Å². The van der Waals surface area contributed by atoms with Crippen LogP contribution in [0, 0.1) is 0 Å². The lowest BCUT2D eigenvalue weighted by atomic mass is 10.0. The minimum absolute atomic E-state index is 0. The molecule has 114 valence electrons. The van der Waals surface area contributed by atoms with E-state index < -0.39 is 10.0 Å². The average Bonchev–Trinajstić information content (AvgIpc) is 2.95. The van der Waals surface area contributed by atoms with E-state index in [1.807, 2.05) is 0 Å². The smallest absolute Gasteiger partial charge is 0.252 e. The minimum Gasteiger partial charge on any atom is -0.311 e. The Morgan fingerprint density at radius 3 is 2.40 bits per heavy atom. The topological polar surface area (TPSA) is 49.4 Å². The number of rotatable bonds is 3. The number of thiophene rings is 1. The molecule has 0 saturated carbocycles. The number of halogens is 2. The summed E-state index contributed by atoms with van der Waals surface area (Å²) in [5, 5.41) is 3.54. The van der Waals surface area contributed by atoms with E-state index in [9.17, 15) is 8.42 Å². The van der Waals surface area contributed by atoms with E-state index in [0.29, 0.717) is 16.3 Å². The Bertz CT molecular complexity index is 566. The standard InChI is InChI=1S/C12H17BrN2O2S2.ClH/c1-15(10-6-8-2-3-9(7-10)14-8)19(16,17)12-5-4-11(13)18-12;/h4-5,8-10,14H,2-3,6-7H2,1H3;1H. The molecule has 2 atom stereocenters. The van der Waals surface area contributed by atoms with E-state index in [1.165, 1.54) is 24.2 Å². The fourth-order valence-corrected chi connectivity index (χ4v) is 6.67. The molecular formula is C12H18BrClN2O2S2. The summed E-state index contributed by atoms with van der Waals surface area (Å²) in [5.74, 6) is 0. The van der Waals surface area contributed by atoms with Crippen LogP contribution in [0.4, 0.5) is 0 Å². The molecule has 4 nitrogen and oxygen atoms in total. The van der Waals surface area contributed by atoms with Gasteiger partial charge in [0.25, 0.3) is 10.0 Å². The highest BCUT2D eigenvalue weighted by molar-refractivity contribution is 9.11. The number of nitrogens with one attached hydrogen (secondary N) is 1. The SMILES string of the molecule is CN(C1CC2CCC(C1)N2)S(=O)(=O)c1ccc(Br)s1.Cl. The zero-order valence-electron chi connectivity index (χ0n) is 11.1. The van der Waals surface area contributed by atoms with Crippen LogP contribution in [-0.2, 0) is 10.0 Å². The Hall–Kier alpha value is 0.340. The highest BCUT2D eigenvalue weighted by Gasteiger charge is 2.39. The lowest BCUT2D eigenvalue weighted by Crippen LogP contribution is -2.48. The molecule has 2 aliphatic heterocycles. The van der Waals surface area contributed by atoms with Gasteiger partial charge >= 0.3 is 0 Å². The van der Waals surface area contributed by atoms with Crippen molar-refractivity contribution in [2.24, 2.45) is 0 Å². The molecule has 2 bridgehead atoms. The molecule has 0 aromatic carbocycles. The molecule has 3 heterocycles. The monoisotopic (exact) mass is 400 g/mol. The van der Waals surface area contributed by atoms with Crippen LogP contribution in [0.3, 0.4) is 0 Å². The number of fused-ring (bicyclic) bond motifs is 2. The first-order valence-electron chi connectivity index (χ1n) is 6.46.